The SMILES string of the molecule is Cc1cc(C)c2c(OCC(=O)N3CCCc4cc(C(C)C)ccc43)nn(C)c2n1. The van der Waals surface area contributed by atoms with Gasteiger partial charge in [-0.25, -0.2) is 9.67 Å². The van der Waals surface area contributed by atoms with Crippen LogP contribution in [0.25, 0.3) is 11.0 Å². The fraction of sp³-hybridized carbons (Fsp3) is 0.435. The summed E-state index contributed by atoms with van der Waals surface area (Å²) >= 11 is 0. The van der Waals surface area contributed by atoms with Crippen molar-refractivity contribution in [2.45, 2.75) is 46.5 Å². The second kappa shape index (κ2) is 7.50. The molecule has 0 saturated carbocycles. The molecule has 1 aliphatic heterocycles. The highest BCUT2D eigenvalue weighted by atomic mass is 16.5. The van der Waals surface area contributed by atoms with Crippen molar-refractivity contribution in [3.05, 3.63) is 46.6 Å². The van der Waals surface area contributed by atoms with E-state index in [1.807, 2.05) is 31.9 Å². The Labute approximate surface area is 171 Å². The molecule has 152 valence electrons. The molecule has 1 aromatic carbocycles. The van der Waals surface area contributed by atoms with Crippen molar-refractivity contribution in [3.8, 4) is 5.88 Å². The summed E-state index contributed by atoms with van der Waals surface area (Å²) in [5.74, 6) is 0.903. The lowest BCUT2D eigenvalue weighted by molar-refractivity contribution is -0.120. The van der Waals surface area contributed by atoms with Gasteiger partial charge < -0.3 is 9.64 Å². The molecule has 3 heterocycles. The zero-order valence-electron chi connectivity index (χ0n) is 17.8. The molecule has 0 unspecified atom stereocenters. The van der Waals surface area contributed by atoms with Crippen LogP contribution in [0.4, 0.5) is 5.69 Å². The van der Waals surface area contributed by atoms with Gasteiger partial charge in [-0.15, -0.1) is 5.10 Å². The highest BCUT2D eigenvalue weighted by Gasteiger charge is 2.24. The summed E-state index contributed by atoms with van der Waals surface area (Å²) in [7, 11) is 1.84. The van der Waals surface area contributed by atoms with Crippen molar-refractivity contribution in [2.75, 3.05) is 18.1 Å². The van der Waals surface area contributed by atoms with Crippen LogP contribution in [0.2, 0.25) is 0 Å². The number of benzene rings is 1. The van der Waals surface area contributed by atoms with E-state index < -0.39 is 0 Å². The summed E-state index contributed by atoms with van der Waals surface area (Å²) in [6, 6.07) is 8.45. The van der Waals surface area contributed by atoms with Crippen LogP contribution < -0.4 is 9.64 Å². The third-order valence-electron chi connectivity index (χ3n) is 5.61. The van der Waals surface area contributed by atoms with Gasteiger partial charge >= 0.3 is 0 Å². The van der Waals surface area contributed by atoms with Gasteiger partial charge in [-0.05, 0) is 61.4 Å². The van der Waals surface area contributed by atoms with Crippen molar-refractivity contribution >= 4 is 22.6 Å². The van der Waals surface area contributed by atoms with Crippen LogP contribution in [0.3, 0.4) is 0 Å². The standard InChI is InChI=1S/C23H28N4O2/c1-14(2)17-8-9-19-18(12-17)7-6-10-27(19)20(28)13-29-23-21-15(3)11-16(4)24-22(21)26(5)25-23/h8-9,11-12,14H,6-7,10,13H2,1-5H3. The Morgan fingerprint density at radius 1 is 1.24 bits per heavy atom. The molecule has 29 heavy (non-hydrogen) atoms. The predicted octanol–water partition coefficient (Wildman–Crippen LogP) is 4.07. The minimum absolute atomic E-state index is 0.0369. The molecule has 0 aliphatic carbocycles. The van der Waals surface area contributed by atoms with Crippen molar-refractivity contribution < 1.29 is 9.53 Å². The number of hydrogen-bond donors (Lipinski definition) is 0. The number of aromatic nitrogens is 3. The average Bonchev–Trinajstić information content (AvgIpc) is 3.01. The first-order chi connectivity index (χ1) is 13.8. The zero-order valence-corrected chi connectivity index (χ0v) is 17.8. The number of aryl methyl sites for hydroxylation is 4. The largest absolute Gasteiger partial charge is 0.466 e. The number of hydrogen-bond acceptors (Lipinski definition) is 4. The van der Waals surface area contributed by atoms with Crippen molar-refractivity contribution in [2.24, 2.45) is 7.05 Å². The third kappa shape index (κ3) is 3.59. The minimum Gasteiger partial charge on any atom is -0.466 e. The van der Waals surface area contributed by atoms with Gasteiger partial charge in [0.1, 0.15) is 0 Å². The van der Waals surface area contributed by atoms with E-state index >= 15 is 0 Å². The van der Waals surface area contributed by atoms with E-state index in [9.17, 15) is 4.79 Å². The molecule has 0 bridgehead atoms. The summed E-state index contributed by atoms with van der Waals surface area (Å²) in [6.07, 6.45) is 1.98. The first-order valence-corrected chi connectivity index (χ1v) is 10.2. The predicted molar refractivity (Wildman–Crippen MR) is 115 cm³/mol. The molecular formula is C23H28N4O2. The first-order valence-electron chi connectivity index (χ1n) is 10.2. The van der Waals surface area contributed by atoms with Crippen molar-refractivity contribution in [1.29, 1.82) is 0 Å². The number of anilines is 1. The van der Waals surface area contributed by atoms with Gasteiger partial charge in [-0.1, -0.05) is 26.0 Å². The molecule has 2 aromatic heterocycles. The maximum atomic E-state index is 13.0. The van der Waals surface area contributed by atoms with Crippen LogP contribution in [-0.2, 0) is 18.3 Å². The van der Waals surface area contributed by atoms with Gasteiger partial charge in [0.15, 0.2) is 12.3 Å². The number of nitrogens with zero attached hydrogens (tertiary/aromatic N) is 4. The van der Waals surface area contributed by atoms with E-state index in [-0.39, 0.29) is 12.5 Å². The Bertz CT molecular complexity index is 1080. The Kier molecular flexibility index (Phi) is 5.03. The van der Waals surface area contributed by atoms with Gasteiger partial charge in [-0.2, -0.15) is 0 Å². The maximum Gasteiger partial charge on any atom is 0.264 e. The molecule has 0 saturated heterocycles. The highest BCUT2D eigenvalue weighted by Crippen LogP contribution is 2.31. The van der Waals surface area contributed by atoms with Gasteiger partial charge in [0, 0.05) is 25.0 Å². The average molecular weight is 393 g/mol. The van der Waals surface area contributed by atoms with E-state index in [0.717, 1.165) is 47.4 Å². The van der Waals surface area contributed by atoms with Crippen molar-refractivity contribution in [1.82, 2.24) is 14.8 Å². The number of rotatable bonds is 4. The molecule has 1 aliphatic rings. The van der Waals surface area contributed by atoms with E-state index in [4.69, 9.17) is 4.74 Å². The summed E-state index contributed by atoms with van der Waals surface area (Å²) in [5, 5.41) is 5.31. The minimum atomic E-state index is -0.0419. The zero-order chi connectivity index (χ0) is 20.7. The molecule has 0 N–H and O–H groups in total. The summed E-state index contributed by atoms with van der Waals surface area (Å²) < 4.78 is 7.60. The van der Waals surface area contributed by atoms with E-state index in [1.54, 1.807) is 4.68 Å². The molecule has 0 atom stereocenters. The van der Waals surface area contributed by atoms with Crippen LogP contribution in [0.1, 0.15) is 48.6 Å². The summed E-state index contributed by atoms with van der Waals surface area (Å²) in [5.41, 5.74) is 6.32. The normalized spacial score (nSPS) is 13.8. The number of amides is 1. The molecule has 0 radical (unpaired) electrons. The van der Waals surface area contributed by atoms with E-state index in [2.05, 4.69) is 42.1 Å². The number of ether oxygens (including phenoxy) is 1. The summed E-state index contributed by atoms with van der Waals surface area (Å²) in [4.78, 5) is 19.4. The van der Waals surface area contributed by atoms with Crippen LogP contribution in [0, 0.1) is 13.8 Å². The summed E-state index contributed by atoms with van der Waals surface area (Å²) in [6.45, 7) is 9.04. The molecule has 0 fully saturated rings. The Morgan fingerprint density at radius 2 is 2.03 bits per heavy atom. The molecule has 6 heteroatoms. The molecule has 4 rings (SSSR count). The van der Waals surface area contributed by atoms with Crippen molar-refractivity contribution in [3.63, 3.8) is 0 Å². The third-order valence-corrected chi connectivity index (χ3v) is 5.61. The molecule has 6 nitrogen and oxygen atoms in total. The van der Waals surface area contributed by atoms with Gasteiger partial charge in [0.2, 0.25) is 5.88 Å². The fourth-order valence-electron chi connectivity index (χ4n) is 4.09. The Balaban J connectivity index is 1.55. The number of pyridine rings is 1. The van der Waals surface area contributed by atoms with Crippen LogP contribution in [0.15, 0.2) is 24.3 Å². The lowest BCUT2D eigenvalue weighted by Crippen LogP contribution is -2.38. The van der Waals surface area contributed by atoms with Gasteiger partial charge in [-0.3, -0.25) is 4.79 Å². The first kappa shape index (κ1) is 19.4. The van der Waals surface area contributed by atoms with Crippen LogP contribution in [-0.4, -0.2) is 33.8 Å². The second-order valence-electron chi connectivity index (χ2n) is 8.19. The van der Waals surface area contributed by atoms with Crippen LogP contribution in [0.5, 0.6) is 5.88 Å². The lowest BCUT2D eigenvalue weighted by atomic mass is 9.95. The van der Waals surface area contributed by atoms with E-state index in [1.165, 1.54) is 11.1 Å². The Hall–Kier alpha value is -2.89. The number of carbonyl (C=O) groups is 1. The topological polar surface area (TPSA) is 60.2 Å². The highest BCUT2D eigenvalue weighted by molar-refractivity contribution is 5.96. The molecule has 3 aromatic rings. The monoisotopic (exact) mass is 392 g/mol. The van der Waals surface area contributed by atoms with Gasteiger partial charge in [0.25, 0.3) is 5.91 Å². The molecular weight excluding hydrogens is 364 g/mol. The molecule has 0 spiro atoms. The molecule has 1 amide bonds. The number of carbonyl (C=O) groups excluding carboxylic acids is 1. The smallest absolute Gasteiger partial charge is 0.264 e. The number of fused-ring (bicyclic) bond motifs is 2. The fourth-order valence-corrected chi connectivity index (χ4v) is 4.09. The Morgan fingerprint density at radius 3 is 2.79 bits per heavy atom. The van der Waals surface area contributed by atoms with Crippen LogP contribution >= 0.6 is 0 Å². The lowest BCUT2D eigenvalue weighted by Gasteiger charge is -2.30. The maximum absolute atomic E-state index is 13.0. The second-order valence-corrected chi connectivity index (χ2v) is 8.19. The van der Waals surface area contributed by atoms with E-state index in [0.29, 0.717) is 11.8 Å². The van der Waals surface area contributed by atoms with Gasteiger partial charge in [0.05, 0.1) is 5.39 Å². The quantitative estimate of drug-likeness (QED) is 0.672.